The van der Waals surface area contributed by atoms with Crippen LogP contribution >= 0.6 is 0 Å². The third-order valence-corrected chi connectivity index (χ3v) is 7.22. The molecule has 30 heavy (non-hydrogen) atoms. The number of sulfonamides is 1. The van der Waals surface area contributed by atoms with E-state index in [1.54, 1.807) is 13.8 Å². The number of nitrogens with zero attached hydrogens (tertiary/aromatic N) is 2. The van der Waals surface area contributed by atoms with Gasteiger partial charge in [-0.2, -0.15) is 0 Å². The van der Waals surface area contributed by atoms with E-state index in [-0.39, 0.29) is 17.3 Å². The molecule has 8 heteroatoms. The summed E-state index contributed by atoms with van der Waals surface area (Å²) in [5, 5.41) is 2.83. The Labute approximate surface area is 177 Å². The van der Waals surface area contributed by atoms with Crippen molar-refractivity contribution in [3.63, 3.8) is 0 Å². The molecule has 0 aromatic heterocycles. The number of benzene rings is 2. The van der Waals surface area contributed by atoms with E-state index in [9.17, 15) is 18.0 Å². The van der Waals surface area contributed by atoms with Gasteiger partial charge in [-0.25, -0.2) is 12.7 Å². The van der Waals surface area contributed by atoms with Crippen LogP contribution in [0.2, 0.25) is 0 Å². The summed E-state index contributed by atoms with van der Waals surface area (Å²) < 4.78 is 25.6. The first kappa shape index (κ1) is 21.8. The average molecular weight is 430 g/mol. The lowest BCUT2D eigenvalue weighted by Gasteiger charge is -2.21. The molecule has 3 rings (SSSR count). The third kappa shape index (κ3) is 4.18. The van der Waals surface area contributed by atoms with E-state index >= 15 is 0 Å². The number of hydrogen-bond donors (Lipinski definition) is 1. The summed E-state index contributed by atoms with van der Waals surface area (Å²) in [5.41, 5.74) is 1.40. The van der Waals surface area contributed by atoms with Crippen LogP contribution in [0.15, 0.2) is 48.5 Å². The molecule has 1 aliphatic rings. The van der Waals surface area contributed by atoms with Gasteiger partial charge in [0.1, 0.15) is 0 Å². The van der Waals surface area contributed by atoms with Crippen LogP contribution in [0.5, 0.6) is 0 Å². The predicted molar refractivity (Wildman–Crippen MR) is 119 cm³/mol. The molecule has 160 valence electrons. The first-order valence-electron chi connectivity index (χ1n) is 9.93. The molecule has 0 saturated carbocycles. The van der Waals surface area contributed by atoms with Gasteiger partial charge in [-0.1, -0.05) is 0 Å². The first-order chi connectivity index (χ1) is 14.1. The maximum Gasteiger partial charge on any atom is 0.255 e. The largest absolute Gasteiger partial charge is 0.372 e. The fourth-order valence-corrected chi connectivity index (χ4v) is 5.66. The van der Waals surface area contributed by atoms with Crippen molar-refractivity contribution in [3.05, 3.63) is 54.1 Å². The lowest BCUT2D eigenvalue weighted by atomic mass is 9.95. The monoisotopic (exact) mass is 429 g/mol. The van der Waals surface area contributed by atoms with Crippen molar-refractivity contribution in [2.24, 2.45) is 5.41 Å². The van der Waals surface area contributed by atoms with Crippen LogP contribution in [-0.4, -0.2) is 39.1 Å². The number of anilines is 3. The molecule has 0 radical (unpaired) electrons. The van der Waals surface area contributed by atoms with Crippen LogP contribution in [0.3, 0.4) is 0 Å². The molecule has 0 aliphatic carbocycles. The number of nitrogens with one attached hydrogen (secondary N) is 1. The summed E-state index contributed by atoms with van der Waals surface area (Å²) in [6.07, 6.45) is 0. The highest BCUT2D eigenvalue weighted by Gasteiger charge is 2.49. The molecule has 0 unspecified atom stereocenters. The molecule has 7 nitrogen and oxygen atoms in total. The fourth-order valence-electron chi connectivity index (χ4n) is 3.56. The van der Waals surface area contributed by atoms with Crippen LogP contribution in [0.4, 0.5) is 17.1 Å². The Kier molecular flexibility index (Phi) is 5.90. The van der Waals surface area contributed by atoms with Crippen molar-refractivity contribution in [2.75, 3.05) is 33.4 Å². The number of carbonyl (C=O) groups excluding carboxylic acids is 2. The van der Waals surface area contributed by atoms with Crippen LogP contribution in [-0.2, 0) is 14.8 Å². The maximum atomic E-state index is 12.6. The highest BCUT2D eigenvalue weighted by molar-refractivity contribution is 7.94. The Morgan fingerprint density at radius 3 is 2.07 bits per heavy atom. The van der Waals surface area contributed by atoms with Gasteiger partial charge >= 0.3 is 0 Å². The van der Waals surface area contributed by atoms with Gasteiger partial charge in [0.05, 0.1) is 16.9 Å². The van der Waals surface area contributed by atoms with E-state index in [0.717, 1.165) is 23.1 Å². The average Bonchev–Trinajstić information content (AvgIpc) is 2.86. The summed E-state index contributed by atoms with van der Waals surface area (Å²) in [6, 6.07) is 13.6. The van der Waals surface area contributed by atoms with Crippen molar-refractivity contribution in [1.82, 2.24) is 0 Å². The van der Waals surface area contributed by atoms with E-state index in [1.165, 1.54) is 24.3 Å². The molecule has 2 aromatic carbocycles. The minimum Gasteiger partial charge on any atom is -0.372 e. The van der Waals surface area contributed by atoms with Crippen molar-refractivity contribution < 1.29 is 18.0 Å². The minimum atomic E-state index is -3.72. The number of rotatable bonds is 6. The van der Waals surface area contributed by atoms with Crippen molar-refractivity contribution in [3.8, 4) is 0 Å². The Morgan fingerprint density at radius 1 is 1.03 bits per heavy atom. The molecule has 1 heterocycles. The summed E-state index contributed by atoms with van der Waals surface area (Å²) in [6.45, 7) is 9.21. The van der Waals surface area contributed by atoms with Gasteiger partial charge in [-0.3, -0.25) is 9.59 Å². The number of amides is 2. The summed E-state index contributed by atoms with van der Waals surface area (Å²) in [5.74, 6) is -1.01. The van der Waals surface area contributed by atoms with Crippen LogP contribution in [0.1, 0.15) is 38.1 Å². The van der Waals surface area contributed by atoms with E-state index in [2.05, 4.69) is 24.1 Å². The molecule has 0 bridgehead atoms. The summed E-state index contributed by atoms with van der Waals surface area (Å²) in [7, 11) is -3.72. The lowest BCUT2D eigenvalue weighted by molar-refractivity contribution is -0.123. The highest BCUT2D eigenvalue weighted by Crippen LogP contribution is 2.35. The van der Waals surface area contributed by atoms with E-state index in [0.29, 0.717) is 11.3 Å². The van der Waals surface area contributed by atoms with Gasteiger partial charge in [0.15, 0.2) is 0 Å². The molecule has 0 atom stereocenters. The minimum absolute atomic E-state index is 0.232. The van der Waals surface area contributed by atoms with Crippen LogP contribution in [0.25, 0.3) is 0 Å². The molecule has 1 fully saturated rings. The molecule has 2 aromatic rings. The molecular weight excluding hydrogens is 402 g/mol. The van der Waals surface area contributed by atoms with Crippen LogP contribution < -0.4 is 14.5 Å². The molecule has 1 N–H and O–H groups in total. The zero-order chi connectivity index (χ0) is 22.1. The highest BCUT2D eigenvalue weighted by atomic mass is 32.2. The van der Waals surface area contributed by atoms with Gasteiger partial charge in [-0.15, -0.1) is 0 Å². The zero-order valence-corrected chi connectivity index (χ0v) is 18.5. The standard InChI is InChI=1S/C22H27N3O4S/c1-5-24(6-2)18-13-9-17(10-14-18)23-20(26)16-7-11-19(12-8-16)25-21(27)22(3,4)15-30(25,28)29/h7-14H,5-6,15H2,1-4H3,(H,23,26). The second-order valence-corrected chi connectivity index (χ2v) is 9.75. The van der Waals surface area contributed by atoms with Crippen LogP contribution in [0, 0.1) is 5.41 Å². The molecule has 1 aliphatic heterocycles. The van der Waals surface area contributed by atoms with Crippen molar-refractivity contribution in [1.29, 1.82) is 0 Å². The Morgan fingerprint density at radius 2 is 1.60 bits per heavy atom. The van der Waals surface area contributed by atoms with Gasteiger partial charge in [-0.05, 0) is 76.2 Å². The smallest absolute Gasteiger partial charge is 0.255 e. The summed E-state index contributed by atoms with van der Waals surface area (Å²) in [4.78, 5) is 27.2. The van der Waals surface area contributed by atoms with Gasteiger partial charge < -0.3 is 10.2 Å². The SMILES string of the molecule is CCN(CC)c1ccc(NC(=O)c2ccc(N3C(=O)C(C)(C)CS3(=O)=O)cc2)cc1. The maximum absolute atomic E-state index is 12.6. The fraction of sp³-hybridized carbons (Fsp3) is 0.364. The zero-order valence-electron chi connectivity index (χ0n) is 17.7. The lowest BCUT2D eigenvalue weighted by Crippen LogP contribution is -2.32. The Bertz CT molecular complexity index is 1040. The van der Waals surface area contributed by atoms with E-state index in [1.807, 2.05) is 24.3 Å². The van der Waals surface area contributed by atoms with E-state index in [4.69, 9.17) is 0 Å². The molecule has 0 spiro atoms. The topological polar surface area (TPSA) is 86.8 Å². The Hall–Kier alpha value is -2.87. The van der Waals surface area contributed by atoms with Gasteiger partial charge in [0.25, 0.3) is 5.91 Å². The van der Waals surface area contributed by atoms with Crippen molar-refractivity contribution in [2.45, 2.75) is 27.7 Å². The van der Waals surface area contributed by atoms with E-state index < -0.39 is 21.3 Å². The van der Waals surface area contributed by atoms with Gasteiger partial charge in [0, 0.05) is 30.0 Å². The Balaban J connectivity index is 1.74. The summed E-state index contributed by atoms with van der Waals surface area (Å²) >= 11 is 0. The normalized spacial score (nSPS) is 17.1. The molecular formula is C22H27N3O4S. The molecule has 2 amide bonds. The van der Waals surface area contributed by atoms with Crippen molar-refractivity contribution >= 4 is 38.9 Å². The third-order valence-electron chi connectivity index (χ3n) is 5.20. The predicted octanol–water partition coefficient (Wildman–Crippen LogP) is 3.49. The first-order valence-corrected chi connectivity index (χ1v) is 11.5. The quantitative estimate of drug-likeness (QED) is 0.760. The van der Waals surface area contributed by atoms with Gasteiger partial charge in [0.2, 0.25) is 15.9 Å². The number of carbonyl (C=O) groups is 2. The second-order valence-electron chi connectivity index (χ2n) is 7.93. The second kappa shape index (κ2) is 8.10. The molecule has 1 saturated heterocycles. The number of hydrogen-bond acceptors (Lipinski definition) is 5.